The summed E-state index contributed by atoms with van der Waals surface area (Å²) in [5, 5.41) is 0. The number of hydrogen-bond donors (Lipinski definition) is 0. The Morgan fingerprint density at radius 1 is 1.05 bits per heavy atom. The minimum absolute atomic E-state index is 0. The Kier molecular flexibility index (Phi) is 12.2. The lowest BCUT2D eigenvalue weighted by Gasteiger charge is -2.15. The molecule has 0 unspecified atom stereocenters. The first kappa shape index (κ1) is 21.5. The van der Waals surface area contributed by atoms with Crippen LogP contribution in [0.1, 0.15) is 59.1 Å². The number of benzene rings is 1. The fourth-order valence-corrected chi connectivity index (χ4v) is 2.12. The molecule has 0 nitrogen and oxygen atoms in total. The molecule has 0 saturated heterocycles. The van der Waals surface area contributed by atoms with Crippen LogP contribution in [0.3, 0.4) is 0 Å². The van der Waals surface area contributed by atoms with Gasteiger partial charge in [0.15, 0.2) is 0 Å². The SMILES string of the molecule is C.C=C.C=C(/C(C)=C\C)c1ccccc1/C(=C/C)CCC. The predicted octanol–water partition coefficient (Wildman–Crippen LogP) is 7.31. The van der Waals surface area contributed by atoms with Crippen LogP contribution in [0.25, 0.3) is 11.1 Å². The molecule has 0 heterocycles. The molecule has 0 N–H and O–H groups in total. The Hall–Kier alpha value is -1.82. The van der Waals surface area contributed by atoms with Gasteiger partial charge in [-0.2, -0.15) is 0 Å². The van der Waals surface area contributed by atoms with E-state index >= 15 is 0 Å². The van der Waals surface area contributed by atoms with Gasteiger partial charge in [0.2, 0.25) is 0 Å². The molecule has 0 saturated carbocycles. The first-order valence-electron chi connectivity index (χ1n) is 7.22. The minimum Gasteiger partial charge on any atom is -0.106 e. The van der Waals surface area contributed by atoms with Gasteiger partial charge < -0.3 is 0 Å². The quantitative estimate of drug-likeness (QED) is 0.393. The third kappa shape index (κ3) is 5.99. The normalized spacial score (nSPS) is 11.0. The van der Waals surface area contributed by atoms with Crippen LogP contribution in [0.15, 0.2) is 61.7 Å². The number of allylic oxidation sites excluding steroid dienone is 5. The average Bonchev–Trinajstić information content (AvgIpc) is 2.53. The summed E-state index contributed by atoms with van der Waals surface area (Å²) in [6, 6.07) is 8.57. The molecule has 0 amide bonds. The van der Waals surface area contributed by atoms with Crippen LogP contribution in [0, 0.1) is 0 Å². The lowest BCUT2D eigenvalue weighted by atomic mass is 9.90. The molecule has 0 aliphatic carbocycles. The molecule has 0 bridgehead atoms. The highest BCUT2D eigenvalue weighted by atomic mass is 14.1. The van der Waals surface area contributed by atoms with E-state index < -0.39 is 0 Å². The lowest BCUT2D eigenvalue weighted by molar-refractivity contribution is 0.971. The second kappa shape index (κ2) is 12.0. The van der Waals surface area contributed by atoms with Gasteiger partial charge in [-0.3, -0.25) is 0 Å². The smallest absolute Gasteiger partial charge is 0.0112 e. The maximum atomic E-state index is 4.24. The Balaban J connectivity index is 0. The van der Waals surface area contributed by atoms with Crippen LogP contribution in [-0.2, 0) is 0 Å². The Bertz CT molecular complexity index is 487. The van der Waals surface area contributed by atoms with Crippen molar-refractivity contribution in [2.45, 2.75) is 48.0 Å². The highest BCUT2D eigenvalue weighted by Crippen LogP contribution is 2.30. The summed E-state index contributed by atoms with van der Waals surface area (Å²) in [7, 11) is 0. The van der Waals surface area contributed by atoms with Crippen LogP contribution in [0.4, 0.5) is 0 Å². The van der Waals surface area contributed by atoms with E-state index in [0.29, 0.717) is 0 Å². The van der Waals surface area contributed by atoms with E-state index in [0.717, 1.165) is 12.0 Å². The second-order valence-corrected chi connectivity index (χ2v) is 4.56. The summed E-state index contributed by atoms with van der Waals surface area (Å²) >= 11 is 0. The Morgan fingerprint density at radius 2 is 1.57 bits per heavy atom. The summed E-state index contributed by atoms with van der Waals surface area (Å²) in [6.45, 7) is 18.8. The average molecular weight is 284 g/mol. The molecule has 0 heteroatoms. The van der Waals surface area contributed by atoms with E-state index in [-0.39, 0.29) is 7.43 Å². The first-order chi connectivity index (χ1) is 9.65. The molecule has 0 aromatic heterocycles. The van der Waals surface area contributed by atoms with Gasteiger partial charge in [0, 0.05) is 0 Å². The summed E-state index contributed by atoms with van der Waals surface area (Å²) < 4.78 is 0. The minimum atomic E-state index is 0. The molecule has 0 spiro atoms. The van der Waals surface area contributed by atoms with E-state index in [9.17, 15) is 0 Å². The zero-order chi connectivity index (χ0) is 15.5. The van der Waals surface area contributed by atoms with Crippen LogP contribution < -0.4 is 0 Å². The van der Waals surface area contributed by atoms with Gasteiger partial charge in [-0.25, -0.2) is 0 Å². The molecule has 116 valence electrons. The Morgan fingerprint density at radius 3 is 2.00 bits per heavy atom. The number of hydrogen-bond acceptors (Lipinski definition) is 0. The van der Waals surface area contributed by atoms with Gasteiger partial charge in [0.1, 0.15) is 0 Å². The highest BCUT2D eigenvalue weighted by molar-refractivity contribution is 5.85. The maximum Gasteiger partial charge on any atom is -0.0112 e. The van der Waals surface area contributed by atoms with Crippen molar-refractivity contribution in [3.05, 3.63) is 72.9 Å². The first-order valence-corrected chi connectivity index (χ1v) is 7.22. The van der Waals surface area contributed by atoms with Crippen molar-refractivity contribution in [1.29, 1.82) is 0 Å². The fourth-order valence-electron chi connectivity index (χ4n) is 2.12. The number of rotatable bonds is 5. The van der Waals surface area contributed by atoms with Crippen LogP contribution in [0.2, 0.25) is 0 Å². The molecular formula is C21H32. The van der Waals surface area contributed by atoms with Crippen LogP contribution in [-0.4, -0.2) is 0 Å². The molecule has 1 rings (SSSR count). The van der Waals surface area contributed by atoms with E-state index in [1.165, 1.54) is 28.7 Å². The van der Waals surface area contributed by atoms with E-state index in [1.54, 1.807) is 0 Å². The predicted molar refractivity (Wildman–Crippen MR) is 101 cm³/mol. The zero-order valence-corrected chi connectivity index (χ0v) is 13.5. The van der Waals surface area contributed by atoms with E-state index in [1.807, 2.05) is 0 Å². The van der Waals surface area contributed by atoms with E-state index in [4.69, 9.17) is 0 Å². The van der Waals surface area contributed by atoms with Gasteiger partial charge in [-0.15, -0.1) is 13.2 Å². The summed E-state index contributed by atoms with van der Waals surface area (Å²) in [6.07, 6.45) is 6.63. The van der Waals surface area contributed by atoms with Crippen molar-refractivity contribution in [3.8, 4) is 0 Å². The van der Waals surface area contributed by atoms with Gasteiger partial charge in [0.05, 0.1) is 0 Å². The highest BCUT2D eigenvalue weighted by Gasteiger charge is 2.09. The van der Waals surface area contributed by atoms with Crippen molar-refractivity contribution >= 4 is 11.1 Å². The van der Waals surface area contributed by atoms with Crippen LogP contribution >= 0.6 is 0 Å². The summed E-state index contributed by atoms with van der Waals surface area (Å²) in [4.78, 5) is 0. The zero-order valence-electron chi connectivity index (χ0n) is 13.5. The second-order valence-electron chi connectivity index (χ2n) is 4.56. The standard InChI is InChI=1S/C18H24.C2H4.CH4/c1-6-11-16(8-3)18-13-10-9-12-17(18)15(5)14(4)7-2;1-2;/h7-10,12-13H,5-6,11H2,1-4H3;1-2H2;1H4/b14-7-,16-8+;;. The lowest BCUT2D eigenvalue weighted by Crippen LogP contribution is -1.94. The van der Waals surface area contributed by atoms with Crippen molar-refractivity contribution in [2.24, 2.45) is 0 Å². The maximum absolute atomic E-state index is 4.24. The van der Waals surface area contributed by atoms with Crippen molar-refractivity contribution in [2.75, 3.05) is 0 Å². The third-order valence-electron chi connectivity index (χ3n) is 3.37. The summed E-state index contributed by atoms with van der Waals surface area (Å²) in [5.41, 5.74) is 6.37. The van der Waals surface area contributed by atoms with Gasteiger partial charge >= 0.3 is 0 Å². The largest absolute Gasteiger partial charge is 0.106 e. The van der Waals surface area contributed by atoms with Gasteiger partial charge in [0.25, 0.3) is 0 Å². The van der Waals surface area contributed by atoms with E-state index in [2.05, 4.69) is 83.8 Å². The van der Waals surface area contributed by atoms with Gasteiger partial charge in [-0.1, -0.05) is 63.8 Å². The summed E-state index contributed by atoms with van der Waals surface area (Å²) in [5.74, 6) is 0. The molecule has 0 radical (unpaired) electrons. The molecule has 0 atom stereocenters. The molecule has 0 aliphatic rings. The Labute approximate surface area is 132 Å². The fraction of sp³-hybridized carbons (Fsp3) is 0.333. The molecule has 1 aromatic rings. The molecule has 1 aromatic carbocycles. The molecule has 0 aliphatic heterocycles. The van der Waals surface area contributed by atoms with Gasteiger partial charge in [-0.05, 0) is 55.0 Å². The van der Waals surface area contributed by atoms with Crippen LogP contribution in [0.5, 0.6) is 0 Å². The molecule has 0 fully saturated rings. The monoisotopic (exact) mass is 284 g/mol. The molecular weight excluding hydrogens is 252 g/mol. The topological polar surface area (TPSA) is 0 Å². The third-order valence-corrected chi connectivity index (χ3v) is 3.37. The van der Waals surface area contributed by atoms with Crippen molar-refractivity contribution in [3.63, 3.8) is 0 Å². The van der Waals surface area contributed by atoms with Crippen molar-refractivity contribution in [1.82, 2.24) is 0 Å². The molecule has 21 heavy (non-hydrogen) atoms. The van der Waals surface area contributed by atoms with Crippen molar-refractivity contribution < 1.29 is 0 Å².